The van der Waals surface area contributed by atoms with E-state index in [1.807, 2.05) is 36.4 Å². The van der Waals surface area contributed by atoms with Crippen LogP contribution in [0.3, 0.4) is 0 Å². The van der Waals surface area contributed by atoms with E-state index in [1.165, 1.54) is 6.42 Å². The van der Waals surface area contributed by atoms with Crippen LogP contribution in [-0.4, -0.2) is 42.1 Å². The molecule has 1 spiro atoms. The Morgan fingerprint density at radius 2 is 1.96 bits per heavy atom. The van der Waals surface area contributed by atoms with Crippen LogP contribution in [0.2, 0.25) is 0 Å². The maximum absolute atomic E-state index is 12.9. The second-order valence-electron chi connectivity index (χ2n) is 7.51. The van der Waals surface area contributed by atoms with Crippen LogP contribution in [0.1, 0.15) is 44.1 Å². The predicted molar refractivity (Wildman–Crippen MR) is 109 cm³/mol. The fraction of sp³-hybridized carbons (Fsp3) is 0.522. The highest BCUT2D eigenvalue weighted by Gasteiger charge is 2.46. The maximum atomic E-state index is 12.9. The SMILES string of the molecule is C=CC[C@H]([C@H]1COC2(CCCCC2)O1)N(CC=C)C(=O)OCc1ccccc1. The monoisotopic (exact) mass is 385 g/mol. The molecule has 1 saturated carbocycles. The van der Waals surface area contributed by atoms with Crippen molar-refractivity contribution in [3.63, 3.8) is 0 Å². The molecule has 5 heteroatoms. The quantitative estimate of drug-likeness (QED) is 0.601. The number of nitrogens with zero attached hydrogens (tertiary/aromatic N) is 1. The van der Waals surface area contributed by atoms with Gasteiger partial charge in [0.15, 0.2) is 5.79 Å². The third kappa shape index (κ3) is 5.03. The average molecular weight is 386 g/mol. The maximum Gasteiger partial charge on any atom is 0.410 e. The fourth-order valence-electron chi connectivity index (χ4n) is 4.06. The zero-order valence-corrected chi connectivity index (χ0v) is 16.6. The molecule has 0 radical (unpaired) electrons. The summed E-state index contributed by atoms with van der Waals surface area (Å²) in [6.07, 6.45) is 8.88. The molecule has 1 aliphatic heterocycles. The Hall–Kier alpha value is -2.11. The molecule has 152 valence electrons. The zero-order valence-electron chi connectivity index (χ0n) is 16.6. The molecule has 1 aliphatic carbocycles. The summed E-state index contributed by atoms with van der Waals surface area (Å²) in [4.78, 5) is 14.6. The van der Waals surface area contributed by atoms with Gasteiger partial charge >= 0.3 is 6.09 Å². The molecule has 1 heterocycles. The highest BCUT2D eigenvalue weighted by Crippen LogP contribution is 2.39. The van der Waals surface area contributed by atoms with E-state index in [1.54, 1.807) is 11.0 Å². The molecule has 0 N–H and O–H groups in total. The van der Waals surface area contributed by atoms with Crippen molar-refractivity contribution in [1.82, 2.24) is 4.90 Å². The van der Waals surface area contributed by atoms with Crippen molar-refractivity contribution in [2.75, 3.05) is 13.2 Å². The van der Waals surface area contributed by atoms with Crippen molar-refractivity contribution in [3.05, 3.63) is 61.2 Å². The molecule has 1 saturated heterocycles. The first-order chi connectivity index (χ1) is 13.7. The van der Waals surface area contributed by atoms with Crippen LogP contribution in [-0.2, 0) is 20.8 Å². The van der Waals surface area contributed by atoms with E-state index in [0.29, 0.717) is 19.6 Å². The van der Waals surface area contributed by atoms with Crippen LogP contribution in [0.15, 0.2) is 55.6 Å². The lowest BCUT2D eigenvalue weighted by Crippen LogP contribution is -2.49. The molecule has 5 nitrogen and oxygen atoms in total. The summed E-state index contributed by atoms with van der Waals surface area (Å²) in [5.41, 5.74) is 0.955. The van der Waals surface area contributed by atoms with E-state index in [9.17, 15) is 4.79 Å². The van der Waals surface area contributed by atoms with Gasteiger partial charge in [-0.1, -0.05) is 48.9 Å². The molecule has 2 fully saturated rings. The van der Waals surface area contributed by atoms with Crippen molar-refractivity contribution in [1.29, 1.82) is 0 Å². The minimum Gasteiger partial charge on any atom is -0.445 e. The number of carbonyl (C=O) groups excluding carboxylic acids is 1. The number of amides is 1. The Morgan fingerprint density at radius 3 is 2.64 bits per heavy atom. The van der Waals surface area contributed by atoms with Crippen molar-refractivity contribution < 1.29 is 19.0 Å². The van der Waals surface area contributed by atoms with Gasteiger partial charge in [-0.3, -0.25) is 4.90 Å². The summed E-state index contributed by atoms with van der Waals surface area (Å²) < 4.78 is 18.1. The molecule has 0 unspecified atom stereocenters. The van der Waals surface area contributed by atoms with E-state index in [2.05, 4.69) is 13.2 Å². The third-order valence-corrected chi connectivity index (χ3v) is 5.50. The first-order valence-electron chi connectivity index (χ1n) is 10.2. The van der Waals surface area contributed by atoms with E-state index < -0.39 is 5.79 Å². The first kappa shape index (κ1) is 20.6. The number of carbonyl (C=O) groups is 1. The van der Waals surface area contributed by atoms with Gasteiger partial charge in [-0.05, 0) is 24.8 Å². The zero-order chi connectivity index (χ0) is 19.8. The summed E-state index contributed by atoms with van der Waals surface area (Å²) in [6.45, 7) is 8.78. The molecular weight excluding hydrogens is 354 g/mol. The Labute approximate surface area is 168 Å². The minimum absolute atomic E-state index is 0.194. The molecule has 1 amide bonds. The van der Waals surface area contributed by atoms with Gasteiger partial charge in [0.25, 0.3) is 0 Å². The molecule has 1 aromatic carbocycles. The molecular formula is C23H31NO4. The standard InChI is InChI=1S/C23H31NO4/c1-3-11-20(21-18-27-23(28-21)14-9-6-10-15-23)24(16-4-2)22(25)26-17-19-12-7-5-8-13-19/h3-5,7-8,12-13,20-21H,1-2,6,9-11,14-18H2/t20-,21-/m1/s1. The van der Waals surface area contributed by atoms with Crippen LogP contribution in [0.4, 0.5) is 4.79 Å². The summed E-state index contributed by atoms with van der Waals surface area (Å²) in [5, 5.41) is 0. The van der Waals surface area contributed by atoms with Gasteiger partial charge < -0.3 is 14.2 Å². The summed E-state index contributed by atoms with van der Waals surface area (Å²) in [6, 6.07) is 9.48. The van der Waals surface area contributed by atoms with E-state index in [0.717, 1.165) is 31.2 Å². The smallest absolute Gasteiger partial charge is 0.410 e. The molecule has 1 aromatic rings. The lowest BCUT2D eigenvalue weighted by Gasteiger charge is -2.35. The van der Waals surface area contributed by atoms with Gasteiger partial charge in [-0.2, -0.15) is 0 Å². The van der Waals surface area contributed by atoms with Gasteiger partial charge in [0.1, 0.15) is 12.7 Å². The lowest BCUT2D eigenvalue weighted by atomic mass is 9.94. The van der Waals surface area contributed by atoms with Crippen molar-refractivity contribution >= 4 is 6.09 Å². The fourth-order valence-corrected chi connectivity index (χ4v) is 4.06. The van der Waals surface area contributed by atoms with Crippen molar-refractivity contribution in [2.45, 2.75) is 63.1 Å². The molecule has 0 bridgehead atoms. The molecule has 0 aromatic heterocycles. The average Bonchev–Trinajstić information content (AvgIpc) is 3.13. The van der Waals surface area contributed by atoms with Gasteiger partial charge in [-0.15, -0.1) is 13.2 Å². The van der Waals surface area contributed by atoms with Crippen LogP contribution in [0, 0.1) is 0 Å². The normalized spacial score (nSPS) is 21.8. The largest absolute Gasteiger partial charge is 0.445 e. The Kier molecular flexibility index (Phi) is 7.29. The predicted octanol–water partition coefficient (Wildman–Crippen LogP) is 4.83. The highest BCUT2D eigenvalue weighted by molar-refractivity contribution is 5.68. The number of benzene rings is 1. The first-order valence-corrected chi connectivity index (χ1v) is 10.2. The summed E-state index contributed by atoms with van der Waals surface area (Å²) in [5.74, 6) is -0.476. The number of hydrogen-bond acceptors (Lipinski definition) is 4. The molecule has 3 rings (SSSR count). The van der Waals surface area contributed by atoms with Crippen molar-refractivity contribution in [3.8, 4) is 0 Å². The highest BCUT2D eigenvalue weighted by atomic mass is 16.7. The minimum atomic E-state index is -0.476. The third-order valence-electron chi connectivity index (χ3n) is 5.50. The topological polar surface area (TPSA) is 48.0 Å². The summed E-state index contributed by atoms with van der Waals surface area (Å²) >= 11 is 0. The van der Waals surface area contributed by atoms with E-state index in [-0.39, 0.29) is 24.8 Å². The molecule has 2 aliphatic rings. The van der Waals surface area contributed by atoms with Crippen LogP contribution < -0.4 is 0 Å². The second kappa shape index (κ2) is 9.89. The number of rotatable bonds is 8. The van der Waals surface area contributed by atoms with Crippen molar-refractivity contribution in [2.24, 2.45) is 0 Å². The van der Waals surface area contributed by atoms with Crippen LogP contribution >= 0.6 is 0 Å². The number of ether oxygens (including phenoxy) is 3. The van der Waals surface area contributed by atoms with Gasteiger partial charge in [0.05, 0.1) is 12.6 Å². The second-order valence-corrected chi connectivity index (χ2v) is 7.51. The Bertz CT molecular complexity index is 654. The lowest BCUT2D eigenvalue weighted by molar-refractivity contribution is -0.191. The van der Waals surface area contributed by atoms with Crippen LogP contribution in [0.5, 0.6) is 0 Å². The van der Waals surface area contributed by atoms with Gasteiger partial charge in [0, 0.05) is 19.4 Å². The summed E-state index contributed by atoms with van der Waals surface area (Å²) in [7, 11) is 0. The Balaban J connectivity index is 1.68. The molecule has 28 heavy (non-hydrogen) atoms. The number of hydrogen-bond donors (Lipinski definition) is 0. The van der Waals surface area contributed by atoms with Gasteiger partial charge in [0.2, 0.25) is 0 Å². The molecule has 2 atom stereocenters. The van der Waals surface area contributed by atoms with E-state index in [4.69, 9.17) is 14.2 Å². The Morgan fingerprint density at radius 1 is 1.21 bits per heavy atom. The van der Waals surface area contributed by atoms with Crippen LogP contribution in [0.25, 0.3) is 0 Å². The van der Waals surface area contributed by atoms with E-state index >= 15 is 0 Å². The van der Waals surface area contributed by atoms with Gasteiger partial charge in [-0.25, -0.2) is 4.79 Å².